The number of benzene rings is 2. The third-order valence-electron chi connectivity index (χ3n) is 3.92. The maximum atomic E-state index is 12.0. The number of carbonyl (C=O) groups excluding carboxylic acids is 2. The summed E-state index contributed by atoms with van der Waals surface area (Å²) in [6, 6.07) is 15.4. The summed E-state index contributed by atoms with van der Waals surface area (Å²) in [4.78, 5) is 28.2. The highest BCUT2D eigenvalue weighted by molar-refractivity contribution is 7.98. The Labute approximate surface area is 150 Å². The van der Waals surface area contributed by atoms with E-state index in [0.717, 1.165) is 21.4 Å². The molecule has 0 radical (unpaired) electrons. The predicted molar refractivity (Wildman–Crippen MR) is 102 cm³/mol. The van der Waals surface area contributed by atoms with Crippen molar-refractivity contribution in [3.63, 3.8) is 0 Å². The number of carbonyl (C=O) groups is 2. The van der Waals surface area contributed by atoms with Gasteiger partial charge in [-0.25, -0.2) is 0 Å². The fourth-order valence-electron chi connectivity index (χ4n) is 2.66. The smallest absolute Gasteiger partial charge is 0.313 e. The van der Waals surface area contributed by atoms with Gasteiger partial charge in [-0.3, -0.25) is 9.59 Å². The highest BCUT2D eigenvalue weighted by atomic mass is 32.2. The SMILES string of the molecule is CSc1ccccc1NC(=O)C(=O)NCCc1c[nH]c2ccccc12. The lowest BCUT2D eigenvalue weighted by atomic mass is 10.1. The monoisotopic (exact) mass is 353 g/mol. The fraction of sp³-hybridized carbons (Fsp3) is 0.158. The van der Waals surface area contributed by atoms with Gasteiger partial charge in [0.2, 0.25) is 0 Å². The van der Waals surface area contributed by atoms with Crippen LogP contribution >= 0.6 is 11.8 Å². The van der Waals surface area contributed by atoms with Crippen LogP contribution in [0.4, 0.5) is 5.69 Å². The Kier molecular flexibility index (Phi) is 5.40. The molecule has 0 atom stereocenters. The number of hydrogen-bond acceptors (Lipinski definition) is 3. The van der Waals surface area contributed by atoms with Crippen LogP contribution < -0.4 is 10.6 Å². The van der Waals surface area contributed by atoms with Gasteiger partial charge in [0, 0.05) is 28.5 Å². The van der Waals surface area contributed by atoms with Gasteiger partial charge >= 0.3 is 11.8 Å². The molecule has 0 unspecified atom stereocenters. The Hall–Kier alpha value is -2.73. The largest absolute Gasteiger partial charge is 0.361 e. The molecule has 0 bridgehead atoms. The molecule has 0 saturated heterocycles. The third kappa shape index (κ3) is 4.03. The normalized spacial score (nSPS) is 10.6. The number of hydrogen-bond donors (Lipinski definition) is 3. The van der Waals surface area contributed by atoms with E-state index in [2.05, 4.69) is 15.6 Å². The zero-order valence-electron chi connectivity index (χ0n) is 13.8. The summed E-state index contributed by atoms with van der Waals surface area (Å²) in [7, 11) is 0. The van der Waals surface area contributed by atoms with Gasteiger partial charge in [0.25, 0.3) is 0 Å². The molecule has 3 N–H and O–H groups in total. The van der Waals surface area contributed by atoms with E-state index in [1.54, 1.807) is 6.07 Å². The number of rotatable bonds is 5. The molecule has 0 aliphatic carbocycles. The van der Waals surface area contributed by atoms with E-state index in [9.17, 15) is 9.59 Å². The predicted octanol–water partition coefficient (Wildman–Crippen LogP) is 3.19. The summed E-state index contributed by atoms with van der Waals surface area (Å²) in [6.45, 7) is 0.401. The van der Waals surface area contributed by atoms with Crippen molar-refractivity contribution in [3.05, 3.63) is 60.3 Å². The maximum absolute atomic E-state index is 12.0. The number of anilines is 1. The van der Waals surface area contributed by atoms with E-state index in [4.69, 9.17) is 0 Å². The number of nitrogens with one attached hydrogen (secondary N) is 3. The third-order valence-corrected chi connectivity index (χ3v) is 4.71. The topological polar surface area (TPSA) is 74.0 Å². The van der Waals surface area contributed by atoms with E-state index in [0.29, 0.717) is 18.7 Å². The standard InChI is InChI=1S/C19H19N3O2S/c1-25-17-9-5-4-8-16(17)22-19(24)18(23)20-11-10-13-12-21-15-7-3-2-6-14(13)15/h2-9,12,21H,10-11H2,1H3,(H,20,23)(H,22,24). The van der Waals surface area contributed by atoms with Crippen molar-refractivity contribution in [1.82, 2.24) is 10.3 Å². The second-order valence-electron chi connectivity index (χ2n) is 5.52. The minimum absolute atomic E-state index is 0.401. The second-order valence-corrected chi connectivity index (χ2v) is 6.37. The average molecular weight is 353 g/mol. The molecule has 3 aromatic rings. The molecule has 0 aliphatic rings. The lowest BCUT2D eigenvalue weighted by Crippen LogP contribution is -2.36. The first-order valence-electron chi connectivity index (χ1n) is 7.96. The van der Waals surface area contributed by atoms with E-state index in [-0.39, 0.29) is 0 Å². The number of aromatic nitrogens is 1. The lowest BCUT2D eigenvalue weighted by Gasteiger charge is -2.09. The molecule has 5 nitrogen and oxygen atoms in total. The first kappa shape index (κ1) is 17.1. The number of fused-ring (bicyclic) bond motifs is 1. The molecule has 6 heteroatoms. The summed E-state index contributed by atoms with van der Waals surface area (Å²) in [5.74, 6) is -1.28. The zero-order chi connectivity index (χ0) is 17.6. The van der Waals surface area contributed by atoms with Crippen LogP contribution in [-0.2, 0) is 16.0 Å². The van der Waals surface area contributed by atoms with Crippen LogP contribution in [0.1, 0.15) is 5.56 Å². The highest BCUT2D eigenvalue weighted by Crippen LogP contribution is 2.24. The van der Waals surface area contributed by atoms with Crippen molar-refractivity contribution in [2.45, 2.75) is 11.3 Å². The summed E-state index contributed by atoms with van der Waals surface area (Å²) in [6.07, 6.45) is 4.52. The maximum Gasteiger partial charge on any atom is 0.313 e. The fourth-order valence-corrected chi connectivity index (χ4v) is 3.21. The molecule has 1 heterocycles. The Bertz CT molecular complexity index is 904. The van der Waals surface area contributed by atoms with Gasteiger partial charge in [0.15, 0.2) is 0 Å². The van der Waals surface area contributed by atoms with E-state index < -0.39 is 11.8 Å². The number of H-pyrrole nitrogens is 1. The van der Waals surface area contributed by atoms with Crippen LogP contribution in [-0.4, -0.2) is 29.6 Å². The van der Waals surface area contributed by atoms with Crippen LogP contribution in [0.5, 0.6) is 0 Å². The molecule has 2 aromatic carbocycles. The highest BCUT2D eigenvalue weighted by Gasteiger charge is 2.15. The summed E-state index contributed by atoms with van der Waals surface area (Å²) >= 11 is 1.52. The van der Waals surface area contributed by atoms with Crippen LogP contribution in [0.2, 0.25) is 0 Å². The van der Waals surface area contributed by atoms with Crippen LogP contribution in [0.15, 0.2) is 59.6 Å². The van der Waals surface area contributed by atoms with Crippen LogP contribution in [0, 0.1) is 0 Å². The zero-order valence-corrected chi connectivity index (χ0v) is 14.7. The van der Waals surface area contributed by atoms with Gasteiger partial charge in [0.1, 0.15) is 0 Å². The minimum Gasteiger partial charge on any atom is -0.361 e. The van der Waals surface area contributed by atoms with E-state index in [1.165, 1.54) is 11.8 Å². The number of thioether (sulfide) groups is 1. The molecule has 0 spiro atoms. The number of amides is 2. The Morgan fingerprint density at radius 2 is 1.80 bits per heavy atom. The van der Waals surface area contributed by atoms with E-state index in [1.807, 2.05) is 54.9 Å². The first-order chi connectivity index (χ1) is 12.2. The van der Waals surface area contributed by atoms with E-state index >= 15 is 0 Å². The Morgan fingerprint density at radius 3 is 2.64 bits per heavy atom. The second kappa shape index (κ2) is 7.90. The van der Waals surface area contributed by atoms with Gasteiger partial charge < -0.3 is 15.6 Å². The van der Waals surface area contributed by atoms with Gasteiger partial charge in [-0.15, -0.1) is 11.8 Å². The Morgan fingerprint density at radius 1 is 1.04 bits per heavy atom. The lowest BCUT2D eigenvalue weighted by molar-refractivity contribution is -0.136. The van der Waals surface area contributed by atoms with Crippen molar-refractivity contribution in [1.29, 1.82) is 0 Å². The van der Waals surface area contributed by atoms with Gasteiger partial charge in [0.05, 0.1) is 5.69 Å². The molecule has 3 rings (SSSR count). The average Bonchev–Trinajstić information content (AvgIpc) is 3.05. The van der Waals surface area contributed by atoms with Gasteiger partial charge in [-0.2, -0.15) is 0 Å². The quantitative estimate of drug-likeness (QED) is 0.487. The van der Waals surface area contributed by atoms with Crippen molar-refractivity contribution in [2.75, 3.05) is 18.1 Å². The van der Waals surface area contributed by atoms with Crippen LogP contribution in [0.25, 0.3) is 10.9 Å². The Balaban J connectivity index is 1.54. The number of aromatic amines is 1. The molecular weight excluding hydrogens is 334 g/mol. The number of para-hydroxylation sites is 2. The molecule has 1 aromatic heterocycles. The molecule has 128 valence electrons. The summed E-state index contributed by atoms with van der Waals surface area (Å²) < 4.78 is 0. The minimum atomic E-state index is -0.652. The van der Waals surface area contributed by atoms with Crippen LogP contribution in [0.3, 0.4) is 0 Å². The molecule has 2 amide bonds. The molecule has 25 heavy (non-hydrogen) atoms. The molecule has 0 aliphatic heterocycles. The first-order valence-corrected chi connectivity index (χ1v) is 9.18. The van der Waals surface area contributed by atoms with Gasteiger partial charge in [-0.05, 0) is 36.4 Å². The molecule has 0 saturated carbocycles. The van der Waals surface area contributed by atoms with Crippen molar-refractivity contribution in [3.8, 4) is 0 Å². The molecular formula is C19H19N3O2S. The summed E-state index contributed by atoms with van der Waals surface area (Å²) in [5.41, 5.74) is 2.83. The summed E-state index contributed by atoms with van der Waals surface area (Å²) in [5, 5.41) is 6.46. The van der Waals surface area contributed by atoms with Crippen molar-refractivity contribution < 1.29 is 9.59 Å². The van der Waals surface area contributed by atoms with Crippen molar-refractivity contribution in [2.24, 2.45) is 0 Å². The van der Waals surface area contributed by atoms with Gasteiger partial charge in [-0.1, -0.05) is 30.3 Å². The molecule has 0 fully saturated rings. The van der Waals surface area contributed by atoms with Crippen molar-refractivity contribution >= 4 is 40.2 Å².